The van der Waals surface area contributed by atoms with Crippen LogP contribution in [0.2, 0.25) is 0 Å². The van der Waals surface area contributed by atoms with E-state index in [2.05, 4.69) is 10.9 Å². The first-order chi connectivity index (χ1) is 14.9. The molecule has 4 rings (SSSR count). The monoisotopic (exact) mass is 446 g/mol. The minimum atomic E-state index is -3.90. The van der Waals surface area contributed by atoms with Crippen molar-refractivity contribution in [1.29, 1.82) is 0 Å². The molecule has 2 unspecified atom stereocenters. The molecule has 9 nitrogen and oxygen atoms in total. The number of nitro benzene ring substituents is 1. The number of ether oxygens (including phenoxy) is 1. The normalized spacial score (nSPS) is 23.0. The minimum Gasteiger partial charge on any atom is -0.497 e. The zero-order valence-corrected chi connectivity index (χ0v) is 18.0. The quantitative estimate of drug-likeness (QED) is 0.518. The lowest BCUT2D eigenvalue weighted by Crippen LogP contribution is -2.44. The fourth-order valence-electron chi connectivity index (χ4n) is 4.43. The molecule has 2 N–H and O–H groups in total. The summed E-state index contributed by atoms with van der Waals surface area (Å²) in [7, 11) is -2.26. The third kappa shape index (κ3) is 4.42. The molecule has 2 aliphatic rings. The van der Waals surface area contributed by atoms with Crippen LogP contribution in [0, 0.1) is 16.0 Å². The maximum Gasteiger partial charge on any atom is 0.289 e. The van der Waals surface area contributed by atoms with Crippen molar-refractivity contribution in [2.45, 2.75) is 36.2 Å². The fourth-order valence-corrected chi connectivity index (χ4v) is 6.06. The number of hydrazine groups is 1. The molecule has 2 aliphatic heterocycles. The van der Waals surface area contributed by atoms with Crippen molar-refractivity contribution in [1.82, 2.24) is 15.2 Å². The molecule has 2 heterocycles. The number of nitrogens with zero attached hydrogens (tertiary/aromatic N) is 2. The molecule has 0 spiro atoms. The molecule has 2 saturated heterocycles. The SMILES string of the molecule is COc1ccc(C2CC(C3CCN(S(=O)(=O)c4ccccc4[N+](=O)[O-])CC3)NN2)cc1. The fraction of sp³-hybridized carbons (Fsp3) is 0.429. The number of hydrogen-bond donors (Lipinski definition) is 2. The van der Waals surface area contributed by atoms with Crippen LogP contribution >= 0.6 is 0 Å². The molecule has 166 valence electrons. The van der Waals surface area contributed by atoms with E-state index in [-0.39, 0.29) is 22.7 Å². The van der Waals surface area contributed by atoms with Crippen LogP contribution in [0.4, 0.5) is 5.69 Å². The number of methoxy groups -OCH3 is 1. The zero-order valence-electron chi connectivity index (χ0n) is 17.2. The van der Waals surface area contributed by atoms with Crippen LogP contribution in [0.3, 0.4) is 0 Å². The van der Waals surface area contributed by atoms with E-state index in [0.717, 1.165) is 12.2 Å². The lowest BCUT2D eigenvalue weighted by atomic mass is 9.87. The van der Waals surface area contributed by atoms with Crippen molar-refractivity contribution >= 4 is 15.7 Å². The van der Waals surface area contributed by atoms with Crippen molar-refractivity contribution in [3.8, 4) is 5.75 Å². The summed E-state index contributed by atoms with van der Waals surface area (Å²) in [4.78, 5) is 10.4. The Morgan fingerprint density at radius 3 is 2.39 bits per heavy atom. The van der Waals surface area contributed by atoms with Gasteiger partial charge in [-0.2, -0.15) is 4.31 Å². The number of nitrogens with one attached hydrogen (secondary N) is 2. The van der Waals surface area contributed by atoms with Gasteiger partial charge in [0.15, 0.2) is 4.90 Å². The summed E-state index contributed by atoms with van der Waals surface area (Å²) in [5.74, 6) is 1.14. The summed E-state index contributed by atoms with van der Waals surface area (Å²) in [6.45, 7) is 0.703. The average molecular weight is 447 g/mol. The van der Waals surface area contributed by atoms with Gasteiger partial charge in [-0.3, -0.25) is 21.0 Å². The van der Waals surface area contributed by atoms with Gasteiger partial charge in [0.05, 0.1) is 12.0 Å². The number of para-hydroxylation sites is 1. The summed E-state index contributed by atoms with van der Waals surface area (Å²) in [6, 6.07) is 13.9. The van der Waals surface area contributed by atoms with Gasteiger partial charge in [0.2, 0.25) is 10.0 Å². The first-order valence-electron chi connectivity index (χ1n) is 10.3. The van der Waals surface area contributed by atoms with E-state index < -0.39 is 14.9 Å². The van der Waals surface area contributed by atoms with Gasteiger partial charge in [0.1, 0.15) is 5.75 Å². The molecule has 2 aromatic rings. The predicted octanol–water partition coefficient (Wildman–Crippen LogP) is 2.61. The third-order valence-corrected chi connectivity index (χ3v) is 8.14. The van der Waals surface area contributed by atoms with E-state index >= 15 is 0 Å². The van der Waals surface area contributed by atoms with Crippen LogP contribution in [-0.4, -0.2) is 43.9 Å². The van der Waals surface area contributed by atoms with Gasteiger partial charge in [0.25, 0.3) is 5.69 Å². The van der Waals surface area contributed by atoms with Gasteiger partial charge in [0, 0.05) is 31.2 Å². The topological polar surface area (TPSA) is 114 Å². The number of sulfonamides is 1. The first kappa shape index (κ1) is 21.7. The third-order valence-electron chi connectivity index (χ3n) is 6.20. The highest BCUT2D eigenvalue weighted by molar-refractivity contribution is 7.89. The average Bonchev–Trinajstić information content (AvgIpc) is 3.29. The summed E-state index contributed by atoms with van der Waals surface area (Å²) in [5.41, 5.74) is 7.51. The Balaban J connectivity index is 1.38. The summed E-state index contributed by atoms with van der Waals surface area (Å²) < 4.78 is 32.6. The van der Waals surface area contributed by atoms with Crippen molar-refractivity contribution in [3.63, 3.8) is 0 Å². The Bertz CT molecular complexity index is 1040. The highest BCUT2D eigenvalue weighted by Gasteiger charge is 2.38. The van der Waals surface area contributed by atoms with Crippen LogP contribution < -0.4 is 15.6 Å². The van der Waals surface area contributed by atoms with Crippen LogP contribution in [0.25, 0.3) is 0 Å². The summed E-state index contributed by atoms with van der Waals surface area (Å²) >= 11 is 0. The summed E-state index contributed by atoms with van der Waals surface area (Å²) in [5, 5.41) is 11.3. The molecule has 0 radical (unpaired) electrons. The first-order valence-corrected chi connectivity index (χ1v) is 11.7. The second-order valence-electron chi connectivity index (χ2n) is 7.92. The smallest absolute Gasteiger partial charge is 0.289 e. The van der Waals surface area contributed by atoms with E-state index in [1.165, 1.54) is 34.1 Å². The van der Waals surface area contributed by atoms with E-state index in [1.807, 2.05) is 24.3 Å². The number of hydrogen-bond acceptors (Lipinski definition) is 7. The van der Waals surface area contributed by atoms with Gasteiger partial charge in [-0.05, 0) is 48.9 Å². The van der Waals surface area contributed by atoms with Crippen molar-refractivity contribution in [2.75, 3.05) is 20.2 Å². The van der Waals surface area contributed by atoms with Crippen molar-refractivity contribution in [3.05, 3.63) is 64.2 Å². The Kier molecular flexibility index (Phi) is 6.24. The van der Waals surface area contributed by atoms with E-state index in [1.54, 1.807) is 7.11 Å². The van der Waals surface area contributed by atoms with E-state index in [0.29, 0.717) is 31.8 Å². The highest BCUT2D eigenvalue weighted by Crippen LogP contribution is 2.34. The molecule has 10 heteroatoms. The second kappa shape index (κ2) is 8.91. The number of benzene rings is 2. The molecule has 0 aromatic heterocycles. The molecule has 0 saturated carbocycles. The lowest BCUT2D eigenvalue weighted by Gasteiger charge is -2.33. The van der Waals surface area contributed by atoms with Crippen LogP contribution in [0.5, 0.6) is 5.75 Å². The molecule has 2 aromatic carbocycles. The van der Waals surface area contributed by atoms with E-state index in [4.69, 9.17) is 4.74 Å². The lowest BCUT2D eigenvalue weighted by molar-refractivity contribution is -0.387. The number of nitro groups is 1. The molecule has 31 heavy (non-hydrogen) atoms. The molecule has 2 atom stereocenters. The Hall–Kier alpha value is -2.53. The maximum absolute atomic E-state index is 13.0. The zero-order chi connectivity index (χ0) is 22.0. The summed E-state index contributed by atoms with van der Waals surface area (Å²) in [6.07, 6.45) is 2.32. The van der Waals surface area contributed by atoms with Crippen LogP contribution in [0.15, 0.2) is 53.4 Å². The predicted molar refractivity (Wildman–Crippen MR) is 115 cm³/mol. The number of piperidine rings is 1. The number of rotatable bonds is 6. The maximum atomic E-state index is 13.0. The van der Waals surface area contributed by atoms with E-state index in [9.17, 15) is 18.5 Å². The Morgan fingerprint density at radius 1 is 1.06 bits per heavy atom. The molecule has 0 amide bonds. The highest BCUT2D eigenvalue weighted by atomic mass is 32.2. The minimum absolute atomic E-state index is 0.185. The van der Waals surface area contributed by atoms with Crippen molar-refractivity contribution in [2.24, 2.45) is 5.92 Å². The second-order valence-corrected chi connectivity index (χ2v) is 9.83. The molecule has 2 fully saturated rings. The van der Waals surface area contributed by atoms with Gasteiger partial charge < -0.3 is 4.74 Å². The van der Waals surface area contributed by atoms with Crippen molar-refractivity contribution < 1.29 is 18.1 Å². The largest absolute Gasteiger partial charge is 0.497 e. The Morgan fingerprint density at radius 2 is 1.74 bits per heavy atom. The van der Waals surface area contributed by atoms with Gasteiger partial charge in [-0.15, -0.1) is 0 Å². The van der Waals surface area contributed by atoms with Gasteiger partial charge in [-0.1, -0.05) is 24.3 Å². The standard InChI is InChI=1S/C21H26N4O5S/c1-30-17-8-6-15(7-9-17)18-14-19(23-22-18)16-10-12-24(13-11-16)31(28,29)21-5-3-2-4-20(21)25(26)27/h2-9,16,18-19,22-23H,10-14H2,1H3. The van der Waals surface area contributed by atoms with Gasteiger partial charge >= 0.3 is 0 Å². The van der Waals surface area contributed by atoms with Gasteiger partial charge in [-0.25, -0.2) is 8.42 Å². The molecular formula is C21H26N4O5S. The molecule has 0 aliphatic carbocycles. The molecule has 0 bridgehead atoms. The van der Waals surface area contributed by atoms with Crippen LogP contribution in [0.1, 0.15) is 30.9 Å². The van der Waals surface area contributed by atoms with Crippen LogP contribution in [-0.2, 0) is 10.0 Å². The Labute approximate surface area is 181 Å². The molecular weight excluding hydrogens is 420 g/mol.